The molecule has 0 aromatic heterocycles. The summed E-state index contributed by atoms with van der Waals surface area (Å²) in [6.07, 6.45) is 3.51. The molecular formula is C17H20N2O3. The molecule has 1 heterocycles. The zero-order chi connectivity index (χ0) is 15.9. The van der Waals surface area contributed by atoms with E-state index in [4.69, 9.17) is 10.00 Å². The van der Waals surface area contributed by atoms with E-state index < -0.39 is 6.04 Å². The second-order valence-electron chi connectivity index (χ2n) is 5.43. The molecule has 1 unspecified atom stereocenters. The maximum absolute atomic E-state index is 12.4. The third-order valence-corrected chi connectivity index (χ3v) is 4.01. The van der Waals surface area contributed by atoms with E-state index in [1.807, 2.05) is 12.1 Å². The molecule has 1 aromatic carbocycles. The molecular weight excluding hydrogens is 280 g/mol. The number of ether oxygens (including phenoxy) is 1. The van der Waals surface area contributed by atoms with Crippen LogP contribution in [0.15, 0.2) is 24.3 Å². The van der Waals surface area contributed by atoms with E-state index in [0.29, 0.717) is 31.4 Å². The van der Waals surface area contributed by atoms with Gasteiger partial charge in [0, 0.05) is 13.0 Å². The normalized spacial score (nSPS) is 17.6. The minimum Gasteiger partial charge on any atom is -0.467 e. The lowest BCUT2D eigenvalue weighted by atomic mass is 10.0. The van der Waals surface area contributed by atoms with Crippen LogP contribution in [0.1, 0.15) is 36.8 Å². The summed E-state index contributed by atoms with van der Waals surface area (Å²) < 4.78 is 4.79. The number of nitrogens with zero attached hydrogens (tertiary/aromatic N) is 2. The van der Waals surface area contributed by atoms with Crippen molar-refractivity contribution in [2.75, 3.05) is 13.7 Å². The van der Waals surface area contributed by atoms with Crippen LogP contribution in [-0.2, 0) is 20.7 Å². The molecule has 1 aromatic rings. The van der Waals surface area contributed by atoms with Gasteiger partial charge in [-0.1, -0.05) is 12.1 Å². The fraction of sp³-hybridized carbons (Fsp3) is 0.471. The molecule has 1 aliphatic heterocycles. The van der Waals surface area contributed by atoms with Crippen molar-refractivity contribution in [2.45, 2.75) is 38.1 Å². The minimum atomic E-state index is -0.438. The molecule has 5 heteroatoms. The first-order valence-electron chi connectivity index (χ1n) is 7.52. The zero-order valence-corrected chi connectivity index (χ0v) is 12.7. The topological polar surface area (TPSA) is 70.4 Å². The van der Waals surface area contributed by atoms with Crippen molar-refractivity contribution < 1.29 is 14.3 Å². The summed E-state index contributed by atoms with van der Waals surface area (Å²) in [5, 5.41) is 8.77. The molecule has 1 atom stereocenters. The molecule has 5 nitrogen and oxygen atoms in total. The number of rotatable bonds is 4. The van der Waals surface area contributed by atoms with Crippen LogP contribution in [0, 0.1) is 11.3 Å². The molecule has 116 valence electrons. The number of esters is 1. The van der Waals surface area contributed by atoms with Gasteiger partial charge in [-0.2, -0.15) is 5.26 Å². The summed E-state index contributed by atoms with van der Waals surface area (Å²) in [6, 6.07) is 8.85. The first-order chi connectivity index (χ1) is 10.7. The molecule has 1 saturated heterocycles. The number of carbonyl (C=O) groups is 2. The number of benzene rings is 1. The second-order valence-corrected chi connectivity index (χ2v) is 5.43. The minimum absolute atomic E-state index is 0.0144. The SMILES string of the molecule is COC(=O)C1CCCCN1C(=O)CCc1ccc(C#N)cc1. The molecule has 1 aliphatic rings. The molecule has 0 spiro atoms. The molecule has 1 fully saturated rings. The van der Waals surface area contributed by atoms with Gasteiger partial charge >= 0.3 is 5.97 Å². The monoisotopic (exact) mass is 300 g/mol. The van der Waals surface area contributed by atoms with Gasteiger partial charge in [-0.05, 0) is 43.4 Å². The highest BCUT2D eigenvalue weighted by molar-refractivity contribution is 5.84. The summed E-state index contributed by atoms with van der Waals surface area (Å²) in [6.45, 7) is 0.617. The largest absolute Gasteiger partial charge is 0.467 e. The zero-order valence-electron chi connectivity index (χ0n) is 12.7. The number of hydrogen-bond donors (Lipinski definition) is 0. The van der Waals surface area contributed by atoms with E-state index in [0.717, 1.165) is 18.4 Å². The third kappa shape index (κ3) is 3.85. The first-order valence-corrected chi connectivity index (χ1v) is 7.52. The number of nitriles is 1. The van der Waals surface area contributed by atoms with Crippen LogP contribution in [0.5, 0.6) is 0 Å². The van der Waals surface area contributed by atoms with E-state index in [9.17, 15) is 9.59 Å². The van der Waals surface area contributed by atoms with Crippen LogP contribution in [0.2, 0.25) is 0 Å². The second kappa shape index (κ2) is 7.60. The Balaban J connectivity index is 1.94. The number of piperidine rings is 1. The van der Waals surface area contributed by atoms with Crippen molar-refractivity contribution in [3.8, 4) is 6.07 Å². The standard InChI is InChI=1S/C17H20N2O3/c1-22-17(21)15-4-2-3-11-19(15)16(20)10-9-13-5-7-14(12-18)8-6-13/h5-8,15H,2-4,9-11H2,1H3. The number of hydrogen-bond acceptors (Lipinski definition) is 4. The van der Waals surface area contributed by atoms with E-state index >= 15 is 0 Å². The van der Waals surface area contributed by atoms with Gasteiger partial charge in [-0.3, -0.25) is 4.79 Å². The Morgan fingerprint density at radius 3 is 2.68 bits per heavy atom. The highest BCUT2D eigenvalue weighted by Gasteiger charge is 2.32. The van der Waals surface area contributed by atoms with Gasteiger partial charge in [0.2, 0.25) is 5.91 Å². The van der Waals surface area contributed by atoms with Crippen LogP contribution in [0.4, 0.5) is 0 Å². The quantitative estimate of drug-likeness (QED) is 0.798. The van der Waals surface area contributed by atoms with E-state index in [1.165, 1.54) is 7.11 Å². The Hall–Kier alpha value is -2.35. The number of amides is 1. The summed E-state index contributed by atoms with van der Waals surface area (Å²) in [7, 11) is 1.36. The van der Waals surface area contributed by atoms with Gasteiger partial charge in [-0.15, -0.1) is 0 Å². The molecule has 2 rings (SSSR count). The van der Waals surface area contributed by atoms with E-state index in [-0.39, 0.29) is 11.9 Å². The van der Waals surface area contributed by atoms with Crippen molar-refractivity contribution in [1.29, 1.82) is 5.26 Å². The Morgan fingerprint density at radius 2 is 2.05 bits per heavy atom. The van der Waals surface area contributed by atoms with Crippen LogP contribution < -0.4 is 0 Å². The fourth-order valence-corrected chi connectivity index (χ4v) is 2.75. The third-order valence-electron chi connectivity index (χ3n) is 4.01. The van der Waals surface area contributed by atoms with Crippen molar-refractivity contribution in [2.24, 2.45) is 0 Å². The van der Waals surface area contributed by atoms with Gasteiger partial charge in [0.25, 0.3) is 0 Å². The average Bonchev–Trinajstić information content (AvgIpc) is 2.59. The van der Waals surface area contributed by atoms with Crippen molar-refractivity contribution in [1.82, 2.24) is 4.90 Å². The molecule has 0 radical (unpaired) electrons. The Bertz CT molecular complexity index is 575. The Kier molecular flexibility index (Phi) is 5.54. The molecule has 0 bridgehead atoms. The lowest BCUT2D eigenvalue weighted by Gasteiger charge is -2.33. The van der Waals surface area contributed by atoms with Gasteiger partial charge in [0.1, 0.15) is 6.04 Å². The fourth-order valence-electron chi connectivity index (χ4n) is 2.75. The highest BCUT2D eigenvalue weighted by atomic mass is 16.5. The number of carbonyl (C=O) groups excluding carboxylic acids is 2. The highest BCUT2D eigenvalue weighted by Crippen LogP contribution is 2.19. The van der Waals surface area contributed by atoms with Gasteiger partial charge in [-0.25, -0.2) is 4.79 Å². The first kappa shape index (κ1) is 16.0. The van der Waals surface area contributed by atoms with Crippen molar-refractivity contribution >= 4 is 11.9 Å². The lowest BCUT2D eigenvalue weighted by molar-refractivity contribution is -0.154. The smallest absolute Gasteiger partial charge is 0.328 e. The Morgan fingerprint density at radius 1 is 1.32 bits per heavy atom. The van der Waals surface area contributed by atoms with Gasteiger partial charge < -0.3 is 9.64 Å². The van der Waals surface area contributed by atoms with Crippen LogP contribution in [-0.4, -0.2) is 36.5 Å². The summed E-state index contributed by atoms with van der Waals surface area (Å²) in [5.74, 6) is -0.342. The van der Waals surface area contributed by atoms with Gasteiger partial charge in [0.15, 0.2) is 0 Å². The average molecular weight is 300 g/mol. The van der Waals surface area contributed by atoms with Crippen molar-refractivity contribution in [3.63, 3.8) is 0 Å². The Labute approximate surface area is 130 Å². The molecule has 0 aliphatic carbocycles. The van der Waals surface area contributed by atoms with E-state index in [1.54, 1.807) is 17.0 Å². The van der Waals surface area contributed by atoms with Crippen molar-refractivity contribution in [3.05, 3.63) is 35.4 Å². The van der Waals surface area contributed by atoms with E-state index in [2.05, 4.69) is 6.07 Å². The number of likely N-dealkylation sites (tertiary alicyclic amines) is 1. The molecule has 22 heavy (non-hydrogen) atoms. The number of aryl methyl sites for hydroxylation is 1. The molecule has 1 amide bonds. The maximum Gasteiger partial charge on any atom is 0.328 e. The molecule has 0 saturated carbocycles. The van der Waals surface area contributed by atoms with Crippen LogP contribution in [0.3, 0.4) is 0 Å². The maximum atomic E-state index is 12.4. The summed E-state index contributed by atoms with van der Waals surface area (Å²) in [4.78, 5) is 25.8. The van der Waals surface area contributed by atoms with Gasteiger partial charge in [0.05, 0.1) is 18.7 Å². The van der Waals surface area contributed by atoms with Crippen LogP contribution in [0.25, 0.3) is 0 Å². The predicted molar refractivity (Wildman–Crippen MR) is 80.8 cm³/mol. The summed E-state index contributed by atoms with van der Waals surface area (Å²) in [5.41, 5.74) is 1.62. The number of methoxy groups -OCH3 is 1. The predicted octanol–water partition coefficient (Wildman–Crippen LogP) is 2.04. The molecule has 0 N–H and O–H groups in total. The van der Waals surface area contributed by atoms with Crippen LogP contribution >= 0.6 is 0 Å². The lowest BCUT2D eigenvalue weighted by Crippen LogP contribution is -2.48. The summed E-state index contributed by atoms with van der Waals surface area (Å²) >= 11 is 0.